The molecule has 0 saturated carbocycles. The summed E-state index contributed by atoms with van der Waals surface area (Å²) in [4.78, 5) is 20.6. The molecule has 1 aliphatic heterocycles. The quantitative estimate of drug-likeness (QED) is 0.295. The molecule has 2 aromatic carbocycles. The van der Waals surface area contributed by atoms with Crippen molar-refractivity contribution in [2.24, 2.45) is 0 Å². The molecule has 1 saturated heterocycles. The molecule has 9 heteroatoms. The van der Waals surface area contributed by atoms with Crippen molar-refractivity contribution in [3.63, 3.8) is 0 Å². The maximum atomic E-state index is 13.6. The highest BCUT2D eigenvalue weighted by molar-refractivity contribution is 5.87. The highest BCUT2D eigenvalue weighted by Gasteiger charge is 2.25. The first kappa shape index (κ1) is 26.5. The second kappa shape index (κ2) is 11.7. The molecule has 0 N–H and O–H groups in total. The molecule has 0 bridgehead atoms. The fraction of sp³-hybridized carbons (Fsp3) is 0.367. The van der Waals surface area contributed by atoms with Crippen LogP contribution in [0.25, 0.3) is 22.2 Å². The first-order valence-corrected chi connectivity index (χ1v) is 13.1. The first-order chi connectivity index (χ1) is 19.0. The maximum absolute atomic E-state index is 13.6. The number of pyridine rings is 1. The number of carbonyl (C=O) groups excluding carboxylic acids is 1. The lowest BCUT2D eigenvalue weighted by atomic mass is 10.0. The van der Waals surface area contributed by atoms with Crippen LogP contribution in [0.5, 0.6) is 17.2 Å². The van der Waals surface area contributed by atoms with E-state index in [2.05, 4.69) is 11.2 Å². The number of fused-ring (bicyclic) bond motifs is 1. The number of aromatic nitrogens is 3. The van der Waals surface area contributed by atoms with Crippen molar-refractivity contribution in [1.82, 2.24) is 19.7 Å². The van der Waals surface area contributed by atoms with Gasteiger partial charge in [-0.2, -0.15) is 5.10 Å². The number of benzene rings is 2. The Bertz CT molecular complexity index is 1460. The van der Waals surface area contributed by atoms with E-state index in [1.165, 1.54) is 0 Å². The maximum Gasteiger partial charge on any atom is 0.244 e. The molecular formula is C30H34N4O5. The van der Waals surface area contributed by atoms with Crippen LogP contribution in [0.1, 0.15) is 24.1 Å². The molecular weight excluding hydrogens is 496 g/mol. The van der Waals surface area contributed by atoms with E-state index in [1.54, 1.807) is 26.0 Å². The van der Waals surface area contributed by atoms with Gasteiger partial charge in [0.2, 0.25) is 5.91 Å². The fourth-order valence-electron chi connectivity index (χ4n) is 4.97. The lowest BCUT2D eigenvalue weighted by Gasteiger charge is -2.27. The molecule has 1 atom stereocenters. The lowest BCUT2D eigenvalue weighted by molar-refractivity contribution is -0.134. The second-order valence-electron chi connectivity index (χ2n) is 9.69. The number of methoxy groups -OCH3 is 3. The first-order valence-electron chi connectivity index (χ1n) is 13.1. The van der Waals surface area contributed by atoms with E-state index in [9.17, 15) is 4.79 Å². The van der Waals surface area contributed by atoms with Crippen molar-refractivity contribution in [2.75, 3.05) is 34.5 Å². The van der Waals surface area contributed by atoms with E-state index in [-0.39, 0.29) is 18.6 Å². The fourth-order valence-corrected chi connectivity index (χ4v) is 4.97. The molecule has 0 spiro atoms. The highest BCUT2D eigenvalue weighted by Crippen LogP contribution is 2.35. The average Bonchev–Trinajstić information content (AvgIpc) is 3.62. The molecule has 9 nitrogen and oxygen atoms in total. The van der Waals surface area contributed by atoms with Crippen molar-refractivity contribution in [1.29, 1.82) is 0 Å². The number of aryl methyl sites for hydroxylation is 1. The van der Waals surface area contributed by atoms with Gasteiger partial charge in [-0.25, -0.2) is 4.98 Å². The summed E-state index contributed by atoms with van der Waals surface area (Å²) >= 11 is 0. The van der Waals surface area contributed by atoms with Crippen molar-refractivity contribution in [3.05, 3.63) is 66.0 Å². The smallest absolute Gasteiger partial charge is 0.244 e. The van der Waals surface area contributed by atoms with Gasteiger partial charge in [0.15, 0.2) is 11.5 Å². The van der Waals surface area contributed by atoms with Crippen LogP contribution in [0.3, 0.4) is 0 Å². The Hall–Kier alpha value is -4.11. The summed E-state index contributed by atoms with van der Waals surface area (Å²) in [6, 6.07) is 15.6. The Morgan fingerprint density at radius 2 is 1.90 bits per heavy atom. The van der Waals surface area contributed by atoms with Crippen LogP contribution < -0.4 is 14.2 Å². The van der Waals surface area contributed by atoms with Crippen molar-refractivity contribution in [2.45, 2.75) is 39.0 Å². The molecule has 1 aliphatic rings. The van der Waals surface area contributed by atoms with Crippen LogP contribution in [-0.2, 0) is 22.6 Å². The summed E-state index contributed by atoms with van der Waals surface area (Å²) in [5.41, 5.74) is 4.21. The molecule has 5 rings (SSSR count). The van der Waals surface area contributed by atoms with E-state index in [0.717, 1.165) is 58.6 Å². The van der Waals surface area contributed by atoms with Crippen LogP contribution in [0.2, 0.25) is 0 Å². The highest BCUT2D eigenvalue weighted by atomic mass is 16.5. The largest absolute Gasteiger partial charge is 0.497 e. The van der Waals surface area contributed by atoms with E-state index in [0.29, 0.717) is 24.6 Å². The Kier molecular flexibility index (Phi) is 7.97. The Morgan fingerprint density at radius 3 is 2.59 bits per heavy atom. The average molecular weight is 531 g/mol. The SMILES string of the molecule is COc1cccc(-c2nc3cc(OC)c(OC)cc3cc2CN(CC2CCCO2)C(=O)Cn2ccc(C)n2)c1. The normalized spacial score (nSPS) is 14.9. The minimum absolute atomic E-state index is 0.00588. The zero-order chi connectivity index (χ0) is 27.4. The van der Waals surface area contributed by atoms with Crippen molar-refractivity contribution < 1.29 is 23.7 Å². The molecule has 2 aromatic heterocycles. The molecule has 4 aromatic rings. The van der Waals surface area contributed by atoms with Crippen molar-refractivity contribution >= 4 is 16.8 Å². The summed E-state index contributed by atoms with van der Waals surface area (Å²) < 4.78 is 24.2. The minimum Gasteiger partial charge on any atom is -0.497 e. The number of carbonyl (C=O) groups is 1. The molecule has 0 aliphatic carbocycles. The predicted molar refractivity (Wildman–Crippen MR) is 148 cm³/mol. The van der Waals surface area contributed by atoms with Crippen LogP contribution in [0.15, 0.2) is 54.7 Å². The Balaban J connectivity index is 1.58. The van der Waals surface area contributed by atoms with Gasteiger partial charge in [0, 0.05) is 42.9 Å². The molecule has 0 radical (unpaired) electrons. The van der Waals surface area contributed by atoms with Crippen LogP contribution in [-0.4, -0.2) is 66.2 Å². The van der Waals surface area contributed by atoms with Gasteiger partial charge in [-0.15, -0.1) is 0 Å². The summed E-state index contributed by atoms with van der Waals surface area (Å²) in [5.74, 6) is 1.92. The number of hydrogen-bond donors (Lipinski definition) is 0. The zero-order valence-corrected chi connectivity index (χ0v) is 22.8. The van der Waals surface area contributed by atoms with Crippen LogP contribution in [0, 0.1) is 6.92 Å². The monoisotopic (exact) mass is 530 g/mol. The van der Waals surface area contributed by atoms with Gasteiger partial charge in [-0.05, 0) is 55.7 Å². The molecule has 1 fully saturated rings. The third-order valence-electron chi connectivity index (χ3n) is 6.98. The molecule has 1 amide bonds. The van der Waals surface area contributed by atoms with Gasteiger partial charge in [0.05, 0.1) is 44.3 Å². The van der Waals surface area contributed by atoms with Crippen molar-refractivity contribution in [3.8, 4) is 28.5 Å². The zero-order valence-electron chi connectivity index (χ0n) is 22.8. The number of nitrogens with zero attached hydrogens (tertiary/aromatic N) is 4. The van der Waals surface area contributed by atoms with E-state index < -0.39 is 0 Å². The van der Waals surface area contributed by atoms with Crippen LogP contribution in [0.4, 0.5) is 0 Å². The van der Waals surface area contributed by atoms with Gasteiger partial charge >= 0.3 is 0 Å². The van der Waals surface area contributed by atoms with Gasteiger partial charge in [0.1, 0.15) is 12.3 Å². The van der Waals surface area contributed by atoms with Crippen LogP contribution >= 0.6 is 0 Å². The topological polar surface area (TPSA) is 87.9 Å². The van der Waals surface area contributed by atoms with E-state index >= 15 is 0 Å². The van der Waals surface area contributed by atoms with Gasteiger partial charge in [-0.1, -0.05) is 12.1 Å². The lowest BCUT2D eigenvalue weighted by Crippen LogP contribution is -2.39. The minimum atomic E-state index is -0.0300. The number of rotatable bonds is 10. The van der Waals surface area contributed by atoms with E-state index in [4.69, 9.17) is 23.9 Å². The summed E-state index contributed by atoms with van der Waals surface area (Å²) in [6.45, 7) is 3.65. The molecule has 3 heterocycles. The molecule has 1 unspecified atom stereocenters. The summed E-state index contributed by atoms with van der Waals surface area (Å²) in [5, 5.41) is 5.31. The van der Waals surface area contributed by atoms with Gasteiger partial charge in [0.25, 0.3) is 0 Å². The van der Waals surface area contributed by atoms with Gasteiger partial charge in [-0.3, -0.25) is 9.48 Å². The Labute approximate surface area is 228 Å². The summed E-state index contributed by atoms with van der Waals surface area (Å²) in [7, 11) is 4.86. The predicted octanol–water partition coefficient (Wildman–Crippen LogP) is 4.64. The number of amides is 1. The Morgan fingerprint density at radius 1 is 1.08 bits per heavy atom. The number of hydrogen-bond acceptors (Lipinski definition) is 7. The van der Waals surface area contributed by atoms with Gasteiger partial charge < -0.3 is 23.8 Å². The molecule has 204 valence electrons. The third kappa shape index (κ3) is 5.98. The third-order valence-corrected chi connectivity index (χ3v) is 6.98. The molecule has 39 heavy (non-hydrogen) atoms. The number of ether oxygens (including phenoxy) is 4. The summed E-state index contributed by atoms with van der Waals surface area (Å²) in [6.07, 6.45) is 3.77. The standard InChI is InChI=1S/C30H34N4O5/c1-20-10-11-34(32-20)19-29(35)33(18-25-9-6-12-39-25)17-23-13-22-15-27(37-3)28(38-4)16-26(22)31-30(23)21-7-5-8-24(14-21)36-2/h5,7-8,10-11,13-16,25H,6,9,12,17-19H2,1-4H3. The van der Waals surface area contributed by atoms with E-state index in [1.807, 2.05) is 60.5 Å². The second-order valence-corrected chi connectivity index (χ2v) is 9.69.